The lowest BCUT2D eigenvalue weighted by atomic mass is 9.88. The number of H-pyrrole nitrogens is 1. The lowest BCUT2D eigenvalue weighted by Crippen LogP contribution is -2.51. The van der Waals surface area contributed by atoms with E-state index in [4.69, 9.17) is 4.74 Å². The summed E-state index contributed by atoms with van der Waals surface area (Å²) in [5.74, 6) is -0.762. The van der Waals surface area contributed by atoms with E-state index in [1.165, 1.54) is 17.0 Å². The van der Waals surface area contributed by atoms with Crippen LogP contribution in [0.25, 0.3) is 21.8 Å². The molecule has 4 N–H and O–H groups in total. The maximum atomic E-state index is 14.0. The van der Waals surface area contributed by atoms with Gasteiger partial charge in [0.25, 0.3) is 11.5 Å². The van der Waals surface area contributed by atoms with Crippen LogP contribution >= 0.6 is 0 Å². The van der Waals surface area contributed by atoms with Crippen LogP contribution in [0.4, 0.5) is 5.69 Å². The summed E-state index contributed by atoms with van der Waals surface area (Å²) in [4.78, 5) is 76.0. The van der Waals surface area contributed by atoms with E-state index in [1.54, 1.807) is 42.6 Å². The normalized spacial score (nSPS) is 16.8. The Hall–Kier alpha value is -5.70. The first-order valence-electron chi connectivity index (χ1n) is 20.1. The molecule has 3 aromatic carbocycles. The highest BCUT2D eigenvalue weighted by Crippen LogP contribution is 2.27. The third-order valence-electron chi connectivity index (χ3n) is 11.4. The van der Waals surface area contributed by atoms with E-state index in [-0.39, 0.29) is 41.2 Å². The number of carbonyl (C=O) groups is 3. The van der Waals surface area contributed by atoms with Gasteiger partial charge in [0, 0.05) is 86.5 Å². The van der Waals surface area contributed by atoms with Crippen LogP contribution in [0.1, 0.15) is 41.6 Å². The highest BCUT2D eigenvalue weighted by atomic mass is 16.5. The average molecular weight is 790 g/mol. The predicted octanol–water partition coefficient (Wildman–Crippen LogP) is 3.22. The zero-order chi connectivity index (χ0) is 40.5. The second-order valence-corrected chi connectivity index (χ2v) is 15.5. The summed E-state index contributed by atoms with van der Waals surface area (Å²) in [5, 5.41) is 18.9. The first-order valence-corrected chi connectivity index (χ1v) is 20.1. The molecular weight excluding hydrogens is 739 g/mol. The smallest absolute Gasteiger partial charge is 0.261 e. The largest absolute Gasteiger partial charge is 0.388 e. The fourth-order valence-corrected chi connectivity index (χ4v) is 7.96. The molecule has 0 radical (unpaired) electrons. The Kier molecular flexibility index (Phi) is 13.1. The molecule has 7 rings (SSSR count). The molecule has 2 fully saturated rings. The number of hydrogen-bond donors (Lipinski definition) is 4. The third-order valence-corrected chi connectivity index (χ3v) is 11.4. The van der Waals surface area contributed by atoms with Gasteiger partial charge in [-0.3, -0.25) is 28.6 Å². The van der Waals surface area contributed by atoms with Gasteiger partial charge in [0.1, 0.15) is 6.29 Å². The number of ether oxygens (including phenoxy) is 1. The van der Waals surface area contributed by atoms with Crippen molar-refractivity contribution in [2.75, 3.05) is 64.3 Å². The lowest BCUT2D eigenvalue weighted by Gasteiger charge is -2.39. The van der Waals surface area contributed by atoms with Crippen molar-refractivity contribution in [3.8, 4) is 0 Å². The SMILES string of the molecule is O=CC(CNc1ccc2c(=O)n(CC3(O)CCN(C(=O)C(CCCNC(=O)c4ccc5c(=O)cc[nH]c5c4)Cc4ccccc4)CC3)cnc2c1)CN1CCOCC1. The number of fused-ring (bicyclic) bond motifs is 2. The topological polar surface area (TPSA) is 179 Å². The quantitative estimate of drug-likeness (QED) is 0.0858. The van der Waals surface area contributed by atoms with Gasteiger partial charge in [0.15, 0.2) is 5.43 Å². The maximum Gasteiger partial charge on any atom is 0.261 e. The fraction of sp³-hybridized carbons (Fsp3) is 0.409. The zero-order valence-corrected chi connectivity index (χ0v) is 32.6. The minimum absolute atomic E-state index is 0.00484. The molecule has 2 aromatic heterocycles. The predicted molar refractivity (Wildman–Crippen MR) is 222 cm³/mol. The molecule has 2 atom stereocenters. The third kappa shape index (κ3) is 10.0. The molecule has 0 spiro atoms. The van der Waals surface area contributed by atoms with Gasteiger partial charge in [0.05, 0.1) is 48.1 Å². The number of benzene rings is 3. The molecule has 2 aliphatic heterocycles. The molecule has 2 unspecified atom stereocenters. The van der Waals surface area contributed by atoms with Crippen molar-refractivity contribution < 1.29 is 24.2 Å². The van der Waals surface area contributed by atoms with E-state index in [0.717, 1.165) is 30.6 Å². The number of aldehydes is 1. The van der Waals surface area contributed by atoms with E-state index in [9.17, 15) is 29.1 Å². The first kappa shape index (κ1) is 40.5. The van der Waals surface area contributed by atoms with Crippen molar-refractivity contribution in [1.29, 1.82) is 0 Å². The van der Waals surface area contributed by atoms with E-state index in [0.29, 0.717) is 105 Å². The molecule has 2 aliphatic rings. The van der Waals surface area contributed by atoms with Crippen molar-refractivity contribution in [2.45, 2.75) is 44.2 Å². The van der Waals surface area contributed by atoms with Crippen molar-refractivity contribution in [3.05, 3.63) is 117 Å². The molecule has 14 heteroatoms. The van der Waals surface area contributed by atoms with Crippen LogP contribution in [0.5, 0.6) is 0 Å². The van der Waals surface area contributed by atoms with E-state index in [2.05, 4.69) is 25.5 Å². The Morgan fingerprint density at radius 1 is 0.966 bits per heavy atom. The minimum Gasteiger partial charge on any atom is -0.388 e. The standard InChI is InChI=1S/C44H51N7O7/c52-28-32(27-49-19-21-58-22-20-49)26-47-35-9-11-37-39(25-35)48-30-51(43(37)56)29-44(57)13-17-50(18-14-44)42(55)34(23-31-5-2-1-3-6-31)7-4-15-46-41(54)33-8-10-36-38(24-33)45-16-12-40(36)53/h1-3,5-6,8-12,16,24-25,28,30,32,34,47,57H,4,7,13-15,17-23,26-27,29H2,(H,45,53)(H,46,54). The van der Waals surface area contributed by atoms with Crippen LogP contribution in [0.2, 0.25) is 0 Å². The van der Waals surface area contributed by atoms with Crippen LogP contribution in [-0.4, -0.2) is 112 Å². The molecule has 2 saturated heterocycles. The average Bonchev–Trinajstić information content (AvgIpc) is 3.25. The number of hydrogen-bond acceptors (Lipinski definition) is 10. The van der Waals surface area contributed by atoms with Gasteiger partial charge in [-0.25, -0.2) is 4.98 Å². The van der Waals surface area contributed by atoms with E-state index >= 15 is 0 Å². The number of morpholine rings is 1. The number of amides is 2. The van der Waals surface area contributed by atoms with Crippen LogP contribution in [0.3, 0.4) is 0 Å². The van der Waals surface area contributed by atoms with Crippen molar-refractivity contribution in [1.82, 2.24) is 29.7 Å². The van der Waals surface area contributed by atoms with Crippen molar-refractivity contribution in [3.63, 3.8) is 0 Å². The summed E-state index contributed by atoms with van der Waals surface area (Å²) >= 11 is 0. The Bertz CT molecular complexity index is 2330. The Morgan fingerprint density at radius 2 is 1.74 bits per heavy atom. The molecule has 2 amide bonds. The number of nitrogens with one attached hydrogen (secondary N) is 3. The zero-order valence-electron chi connectivity index (χ0n) is 32.6. The number of anilines is 1. The van der Waals surface area contributed by atoms with E-state index in [1.807, 2.05) is 35.2 Å². The second kappa shape index (κ2) is 18.7. The first-order chi connectivity index (χ1) is 28.2. The highest BCUT2D eigenvalue weighted by molar-refractivity contribution is 5.97. The number of aliphatic hydroxyl groups is 1. The number of rotatable bonds is 16. The Labute approximate surface area is 336 Å². The summed E-state index contributed by atoms with van der Waals surface area (Å²) in [6, 6.07) is 21.6. The number of nitrogens with zero attached hydrogens (tertiary/aromatic N) is 4. The van der Waals surface area contributed by atoms with Crippen molar-refractivity contribution in [2.24, 2.45) is 11.8 Å². The second-order valence-electron chi connectivity index (χ2n) is 15.5. The van der Waals surface area contributed by atoms with E-state index < -0.39 is 5.60 Å². The summed E-state index contributed by atoms with van der Waals surface area (Å²) in [5.41, 5.74) is 1.79. The number of piperidine rings is 1. The molecule has 58 heavy (non-hydrogen) atoms. The number of aromatic amines is 1. The van der Waals surface area contributed by atoms with Crippen LogP contribution in [0, 0.1) is 11.8 Å². The van der Waals surface area contributed by atoms with Gasteiger partial charge in [-0.05, 0) is 74.1 Å². The lowest BCUT2D eigenvalue weighted by molar-refractivity contribution is -0.140. The summed E-state index contributed by atoms with van der Waals surface area (Å²) in [6.07, 6.45) is 6.29. The van der Waals surface area contributed by atoms with Gasteiger partial charge in [-0.2, -0.15) is 0 Å². The molecular formula is C44H51N7O7. The number of likely N-dealkylation sites (tertiary alicyclic amines) is 1. The van der Waals surface area contributed by atoms with Crippen LogP contribution in [0.15, 0.2) is 94.9 Å². The minimum atomic E-state index is -1.20. The van der Waals surface area contributed by atoms with Gasteiger partial charge in [0.2, 0.25) is 5.91 Å². The van der Waals surface area contributed by atoms with Crippen molar-refractivity contribution >= 4 is 45.6 Å². The number of carbonyl (C=O) groups excluding carboxylic acids is 3. The molecule has 0 aliphatic carbocycles. The molecule has 4 heterocycles. The number of pyridine rings is 1. The summed E-state index contributed by atoms with van der Waals surface area (Å²) < 4.78 is 6.85. The summed E-state index contributed by atoms with van der Waals surface area (Å²) in [6.45, 7) is 5.20. The van der Waals surface area contributed by atoms with Gasteiger partial charge in [-0.1, -0.05) is 30.3 Å². The molecule has 5 aromatic rings. The number of aromatic nitrogens is 3. The van der Waals surface area contributed by atoms with Gasteiger partial charge < -0.3 is 35.2 Å². The fourth-order valence-electron chi connectivity index (χ4n) is 7.96. The summed E-state index contributed by atoms with van der Waals surface area (Å²) in [7, 11) is 0. The highest BCUT2D eigenvalue weighted by Gasteiger charge is 2.36. The van der Waals surface area contributed by atoms with Gasteiger partial charge >= 0.3 is 0 Å². The monoisotopic (exact) mass is 789 g/mol. The van der Waals surface area contributed by atoms with Crippen LogP contribution < -0.4 is 21.6 Å². The Balaban J connectivity index is 0.928. The maximum absolute atomic E-state index is 14.0. The molecule has 0 saturated carbocycles. The molecule has 0 bridgehead atoms. The molecule has 304 valence electrons. The van der Waals surface area contributed by atoms with Gasteiger partial charge in [-0.15, -0.1) is 0 Å². The van der Waals surface area contributed by atoms with Crippen LogP contribution in [-0.2, 0) is 27.3 Å². The molecule has 14 nitrogen and oxygen atoms in total. The Morgan fingerprint density at radius 3 is 2.52 bits per heavy atom.